The van der Waals surface area contributed by atoms with E-state index in [-0.39, 0.29) is 18.0 Å². The van der Waals surface area contributed by atoms with E-state index in [0.717, 1.165) is 0 Å². The van der Waals surface area contributed by atoms with Gasteiger partial charge in [0.25, 0.3) is 0 Å². The predicted octanol–water partition coefficient (Wildman–Crippen LogP) is 2.64. The van der Waals surface area contributed by atoms with Crippen LogP contribution in [0.25, 0.3) is 0 Å². The summed E-state index contributed by atoms with van der Waals surface area (Å²) in [6, 6.07) is 6.93. The SMILES string of the molecule is CCOc1cccc(C(=O)CC(=O)CC)c1. The second kappa shape index (κ2) is 6.05. The highest BCUT2D eigenvalue weighted by Crippen LogP contribution is 2.15. The van der Waals surface area contributed by atoms with E-state index < -0.39 is 0 Å². The van der Waals surface area contributed by atoms with E-state index >= 15 is 0 Å². The fraction of sp³-hybridized carbons (Fsp3) is 0.385. The smallest absolute Gasteiger partial charge is 0.170 e. The van der Waals surface area contributed by atoms with Gasteiger partial charge in [0, 0.05) is 12.0 Å². The lowest BCUT2D eigenvalue weighted by atomic mass is 10.0. The maximum Gasteiger partial charge on any atom is 0.170 e. The van der Waals surface area contributed by atoms with Gasteiger partial charge in [0.05, 0.1) is 13.0 Å². The first-order valence-corrected chi connectivity index (χ1v) is 5.45. The molecule has 0 unspecified atom stereocenters. The first kappa shape index (κ1) is 12.4. The monoisotopic (exact) mass is 220 g/mol. The van der Waals surface area contributed by atoms with Crippen molar-refractivity contribution in [1.82, 2.24) is 0 Å². The third-order valence-corrected chi connectivity index (χ3v) is 2.22. The second-order valence-corrected chi connectivity index (χ2v) is 3.45. The quantitative estimate of drug-likeness (QED) is 0.546. The molecule has 0 atom stereocenters. The maximum absolute atomic E-state index is 11.7. The Kier molecular flexibility index (Phi) is 4.70. The molecule has 3 nitrogen and oxygen atoms in total. The number of ketones is 2. The van der Waals surface area contributed by atoms with Gasteiger partial charge in [-0.2, -0.15) is 0 Å². The fourth-order valence-corrected chi connectivity index (χ4v) is 1.33. The van der Waals surface area contributed by atoms with Crippen molar-refractivity contribution in [2.45, 2.75) is 26.7 Å². The summed E-state index contributed by atoms with van der Waals surface area (Å²) in [5.74, 6) is 0.484. The largest absolute Gasteiger partial charge is 0.494 e. The molecule has 0 spiro atoms. The Morgan fingerprint density at radius 2 is 2.00 bits per heavy atom. The van der Waals surface area contributed by atoms with Crippen molar-refractivity contribution < 1.29 is 14.3 Å². The second-order valence-electron chi connectivity index (χ2n) is 3.45. The molecule has 0 amide bonds. The lowest BCUT2D eigenvalue weighted by Gasteiger charge is -2.04. The molecule has 0 aliphatic carbocycles. The van der Waals surface area contributed by atoms with Gasteiger partial charge in [-0.05, 0) is 19.1 Å². The van der Waals surface area contributed by atoms with Crippen molar-refractivity contribution in [3.63, 3.8) is 0 Å². The van der Waals surface area contributed by atoms with Crippen molar-refractivity contribution in [2.75, 3.05) is 6.61 Å². The normalized spacial score (nSPS) is 9.88. The summed E-state index contributed by atoms with van der Waals surface area (Å²) in [7, 11) is 0. The van der Waals surface area contributed by atoms with Crippen LogP contribution in [0.15, 0.2) is 24.3 Å². The van der Waals surface area contributed by atoms with Crippen LogP contribution < -0.4 is 4.74 Å². The van der Waals surface area contributed by atoms with Crippen LogP contribution in [0.3, 0.4) is 0 Å². The third kappa shape index (κ3) is 3.50. The van der Waals surface area contributed by atoms with Gasteiger partial charge in [0.15, 0.2) is 5.78 Å². The summed E-state index contributed by atoms with van der Waals surface area (Å²) in [6.07, 6.45) is 0.378. The minimum Gasteiger partial charge on any atom is -0.494 e. The van der Waals surface area contributed by atoms with E-state index in [2.05, 4.69) is 0 Å². The van der Waals surface area contributed by atoms with E-state index in [1.54, 1.807) is 31.2 Å². The Morgan fingerprint density at radius 1 is 1.25 bits per heavy atom. The molecule has 0 fully saturated rings. The molecular formula is C13H16O3. The van der Waals surface area contributed by atoms with E-state index in [1.165, 1.54) is 0 Å². The van der Waals surface area contributed by atoms with Gasteiger partial charge >= 0.3 is 0 Å². The third-order valence-electron chi connectivity index (χ3n) is 2.22. The van der Waals surface area contributed by atoms with Gasteiger partial charge in [0.2, 0.25) is 0 Å². The zero-order chi connectivity index (χ0) is 12.0. The predicted molar refractivity (Wildman–Crippen MR) is 61.9 cm³/mol. The molecule has 0 heterocycles. The number of Topliss-reactive ketones (excluding diaryl/α,β-unsaturated/α-hetero) is 2. The van der Waals surface area contributed by atoms with Crippen LogP contribution in [0.1, 0.15) is 37.0 Å². The Hall–Kier alpha value is -1.64. The molecule has 1 aromatic carbocycles. The van der Waals surface area contributed by atoms with Crippen molar-refractivity contribution in [3.05, 3.63) is 29.8 Å². The van der Waals surface area contributed by atoms with Gasteiger partial charge in [-0.1, -0.05) is 19.1 Å². The molecule has 0 radical (unpaired) electrons. The van der Waals surface area contributed by atoms with Crippen LogP contribution in [0.4, 0.5) is 0 Å². The van der Waals surface area contributed by atoms with Crippen LogP contribution in [0.2, 0.25) is 0 Å². The van der Waals surface area contributed by atoms with Crippen molar-refractivity contribution >= 4 is 11.6 Å². The minimum absolute atomic E-state index is 0.0217. The number of hydrogen-bond acceptors (Lipinski definition) is 3. The standard InChI is InChI=1S/C13H16O3/c1-3-11(14)9-13(15)10-6-5-7-12(8-10)16-4-2/h5-8H,3-4,9H2,1-2H3. The average Bonchev–Trinajstić information content (AvgIpc) is 2.29. The Balaban J connectivity index is 2.75. The number of rotatable bonds is 6. The first-order valence-electron chi connectivity index (χ1n) is 5.45. The number of ether oxygens (including phenoxy) is 1. The number of benzene rings is 1. The van der Waals surface area contributed by atoms with E-state index in [0.29, 0.717) is 24.3 Å². The molecule has 1 rings (SSSR count). The van der Waals surface area contributed by atoms with Crippen LogP contribution >= 0.6 is 0 Å². The molecule has 0 bridgehead atoms. The van der Waals surface area contributed by atoms with Crippen LogP contribution in [-0.4, -0.2) is 18.2 Å². The first-order chi connectivity index (χ1) is 7.67. The topological polar surface area (TPSA) is 43.4 Å². The molecular weight excluding hydrogens is 204 g/mol. The number of carbonyl (C=O) groups is 2. The number of carbonyl (C=O) groups excluding carboxylic acids is 2. The van der Waals surface area contributed by atoms with Crippen molar-refractivity contribution in [3.8, 4) is 5.75 Å². The molecule has 1 aromatic rings. The lowest BCUT2D eigenvalue weighted by Crippen LogP contribution is -2.07. The Labute approximate surface area is 95.4 Å². The fourth-order valence-electron chi connectivity index (χ4n) is 1.33. The van der Waals surface area contributed by atoms with Gasteiger partial charge < -0.3 is 4.74 Å². The highest BCUT2D eigenvalue weighted by atomic mass is 16.5. The maximum atomic E-state index is 11.7. The van der Waals surface area contributed by atoms with Gasteiger partial charge in [-0.3, -0.25) is 9.59 Å². The van der Waals surface area contributed by atoms with Crippen LogP contribution in [-0.2, 0) is 4.79 Å². The molecule has 3 heteroatoms. The lowest BCUT2D eigenvalue weighted by molar-refractivity contribution is -0.117. The summed E-state index contributed by atoms with van der Waals surface area (Å²) in [5.41, 5.74) is 0.535. The van der Waals surface area contributed by atoms with Gasteiger partial charge in [-0.15, -0.1) is 0 Å². The van der Waals surface area contributed by atoms with Crippen molar-refractivity contribution in [2.24, 2.45) is 0 Å². The van der Waals surface area contributed by atoms with Gasteiger partial charge in [0.1, 0.15) is 11.5 Å². The molecule has 0 N–H and O–H groups in total. The Bertz CT molecular complexity index is 383. The highest BCUT2D eigenvalue weighted by molar-refractivity contribution is 6.08. The summed E-state index contributed by atoms with van der Waals surface area (Å²) in [5, 5.41) is 0. The summed E-state index contributed by atoms with van der Waals surface area (Å²) in [6.45, 7) is 4.20. The van der Waals surface area contributed by atoms with Crippen LogP contribution in [0.5, 0.6) is 5.75 Å². The molecule has 0 saturated carbocycles. The average molecular weight is 220 g/mol. The molecule has 0 aliphatic rings. The van der Waals surface area contributed by atoms with E-state index in [4.69, 9.17) is 4.74 Å². The number of hydrogen-bond donors (Lipinski definition) is 0. The van der Waals surface area contributed by atoms with Crippen LogP contribution in [0, 0.1) is 0 Å². The molecule has 86 valence electrons. The summed E-state index contributed by atoms with van der Waals surface area (Å²) >= 11 is 0. The Morgan fingerprint density at radius 3 is 2.62 bits per heavy atom. The molecule has 0 aliphatic heterocycles. The zero-order valence-corrected chi connectivity index (χ0v) is 9.66. The van der Waals surface area contributed by atoms with E-state index in [1.807, 2.05) is 6.92 Å². The summed E-state index contributed by atoms with van der Waals surface area (Å²) < 4.78 is 5.29. The summed E-state index contributed by atoms with van der Waals surface area (Å²) in [4.78, 5) is 22.8. The highest BCUT2D eigenvalue weighted by Gasteiger charge is 2.10. The van der Waals surface area contributed by atoms with E-state index in [9.17, 15) is 9.59 Å². The van der Waals surface area contributed by atoms with Gasteiger partial charge in [-0.25, -0.2) is 0 Å². The molecule has 0 aromatic heterocycles. The minimum atomic E-state index is -0.145. The zero-order valence-electron chi connectivity index (χ0n) is 9.66. The van der Waals surface area contributed by atoms with Crippen molar-refractivity contribution in [1.29, 1.82) is 0 Å². The molecule has 16 heavy (non-hydrogen) atoms. The molecule has 0 saturated heterocycles.